The number of ether oxygens (including phenoxy) is 1. The van der Waals surface area contributed by atoms with Gasteiger partial charge in [0.1, 0.15) is 35.2 Å². The van der Waals surface area contributed by atoms with Crippen LogP contribution in [-0.2, 0) is 21.9 Å². The summed E-state index contributed by atoms with van der Waals surface area (Å²) >= 11 is 0. The van der Waals surface area contributed by atoms with Gasteiger partial charge >= 0.3 is 6.18 Å². The molecule has 6 rings (SSSR count). The van der Waals surface area contributed by atoms with E-state index in [1.165, 1.54) is 49.5 Å². The Balaban J connectivity index is 1.47. The summed E-state index contributed by atoms with van der Waals surface area (Å²) in [6.45, 7) is 0.203. The van der Waals surface area contributed by atoms with Gasteiger partial charge in [-0.3, -0.25) is 13.9 Å². The normalized spacial score (nSPS) is 16.5. The van der Waals surface area contributed by atoms with Gasteiger partial charge in [-0.15, -0.1) is 0 Å². The Morgan fingerprint density at radius 2 is 1.81 bits per heavy atom. The molecular formula is C33H27F4N3O6S. The van der Waals surface area contributed by atoms with E-state index < -0.39 is 45.4 Å². The number of hydrogen-bond donors (Lipinski definition) is 2. The van der Waals surface area contributed by atoms with Crippen molar-refractivity contribution in [3.63, 3.8) is 0 Å². The van der Waals surface area contributed by atoms with Crippen LogP contribution in [0.5, 0.6) is 11.5 Å². The summed E-state index contributed by atoms with van der Waals surface area (Å²) in [7, 11) is -2.47. The molecule has 1 aliphatic rings. The van der Waals surface area contributed by atoms with E-state index in [9.17, 15) is 35.6 Å². The number of pyridine rings is 1. The number of hydrogen-bond acceptors (Lipinski definition) is 6. The molecule has 5 aromatic rings. The summed E-state index contributed by atoms with van der Waals surface area (Å²) in [5, 5.41) is 2.60. The Hall–Kier alpha value is -5.11. The molecule has 0 saturated carbocycles. The number of furan rings is 1. The molecule has 0 radical (unpaired) electrons. The number of allylic oxidation sites excluding steroid dienone is 1. The topological polar surface area (TPSA) is 122 Å². The minimum atomic E-state index is -4.61. The van der Waals surface area contributed by atoms with Gasteiger partial charge < -0.3 is 19.5 Å². The van der Waals surface area contributed by atoms with Crippen molar-refractivity contribution in [2.24, 2.45) is 0 Å². The van der Waals surface area contributed by atoms with Crippen molar-refractivity contribution < 1.29 is 39.9 Å². The average molecular weight is 670 g/mol. The van der Waals surface area contributed by atoms with Crippen molar-refractivity contribution in [1.29, 1.82) is 0 Å². The molecule has 0 aliphatic heterocycles. The first-order chi connectivity index (χ1) is 22.0. The van der Waals surface area contributed by atoms with Gasteiger partial charge in [0.25, 0.3) is 11.5 Å². The second-order valence-electron chi connectivity index (χ2n) is 11.5. The summed E-state index contributed by atoms with van der Waals surface area (Å²) in [5.74, 6) is -0.589. The minimum Gasteiger partial charge on any atom is -0.457 e. The van der Waals surface area contributed by atoms with Crippen LogP contribution in [0.3, 0.4) is 0 Å². The number of H-pyrrole nitrogens is 1. The van der Waals surface area contributed by atoms with E-state index in [2.05, 4.69) is 4.98 Å². The Labute approximate surface area is 265 Å². The molecule has 0 bridgehead atoms. The van der Waals surface area contributed by atoms with Gasteiger partial charge in [0.15, 0.2) is 0 Å². The lowest BCUT2D eigenvalue weighted by Crippen LogP contribution is -2.40. The number of halogens is 4. The second kappa shape index (κ2) is 11.3. The number of nitrogens with one attached hydrogen (secondary N) is 2. The molecule has 244 valence electrons. The second-order valence-corrected chi connectivity index (χ2v) is 13.5. The average Bonchev–Trinajstić information content (AvgIpc) is 3.37. The van der Waals surface area contributed by atoms with Gasteiger partial charge in [0, 0.05) is 52.9 Å². The van der Waals surface area contributed by atoms with E-state index in [0.717, 1.165) is 10.6 Å². The van der Waals surface area contributed by atoms with Gasteiger partial charge in [0.2, 0.25) is 10.0 Å². The quantitative estimate of drug-likeness (QED) is 0.198. The zero-order chi connectivity index (χ0) is 33.9. The Morgan fingerprint density at radius 3 is 2.51 bits per heavy atom. The third kappa shape index (κ3) is 6.08. The van der Waals surface area contributed by atoms with Gasteiger partial charge in [0.05, 0.1) is 17.2 Å². The zero-order valence-corrected chi connectivity index (χ0v) is 26.0. The molecule has 1 amide bonds. The number of alkyl halides is 3. The van der Waals surface area contributed by atoms with Crippen LogP contribution in [0.1, 0.15) is 34.2 Å². The van der Waals surface area contributed by atoms with E-state index in [1.54, 1.807) is 37.3 Å². The molecule has 1 aliphatic carbocycles. The van der Waals surface area contributed by atoms with Crippen LogP contribution < -0.4 is 15.6 Å². The van der Waals surface area contributed by atoms with E-state index in [1.807, 2.05) is 5.32 Å². The van der Waals surface area contributed by atoms with E-state index in [-0.39, 0.29) is 40.2 Å². The van der Waals surface area contributed by atoms with Crippen LogP contribution in [0.4, 0.5) is 17.6 Å². The van der Waals surface area contributed by atoms with E-state index >= 15 is 0 Å². The standard InChI is InChI=1S/C33H27F4N3O6S/c1-32(19-7-4-6-18(12-19)30(41)38-17-33(35,36)37)16-24-26(15-27(32)40(2)47(3,43)44)46-29-23-11-10-22(14-25(23)39-31(42)28(24)29)45-21-9-5-8-20(34)13-21/h4-15H,16-17H2,1-3H3,(H,38,41)(H,39,42). The van der Waals surface area contributed by atoms with Crippen molar-refractivity contribution in [3.8, 4) is 11.5 Å². The number of aromatic amines is 1. The first-order valence-electron chi connectivity index (χ1n) is 14.2. The lowest BCUT2D eigenvalue weighted by atomic mass is 9.71. The molecule has 0 spiro atoms. The maximum absolute atomic E-state index is 13.7. The highest BCUT2D eigenvalue weighted by Crippen LogP contribution is 2.46. The molecule has 0 saturated heterocycles. The van der Waals surface area contributed by atoms with Gasteiger partial charge in [-0.2, -0.15) is 13.2 Å². The molecular weight excluding hydrogens is 642 g/mol. The smallest absolute Gasteiger partial charge is 0.405 e. The molecule has 2 aromatic heterocycles. The van der Waals surface area contributed by atoms with Gasteiger partial charge in [-0.1, -0.05) is 18.2 Å². The first kappa shape index (κ1) is 31.9. The number of carbonyl (C=O) groups excluding carboxylic acids is 1. The lowest BCUT2D eigenvalue weighted by Gasteiger charge is -2.39. The third-order valence-electron chi connectivity index (χ3n) is 8.19. The maximum Gasteiger partial charge on any atom is 0.405 e. The zero-order valence-electron chi connectivity index (χ0n) is 25.2. The summed E-state index contributed by atoms with van der Waals surface area (Å²) in [6.07, 6.45) is -2.03. The van der Waals surface area contributed by atoms with E-state index in [0.29, 0.717) is 27.8 Å². The summed E-state index contributed by atoms with van der Waals surface area (Å²) in [5.41, 5.74) is 0.0399. The van der Waals surface area contributed by atoms with Crippen LogP contribution >= 0.6 is 0 Å². The molecule has 14 heteroatoms. The molecule has 2 N–H and O–H groups in total. The number of amides is 1. The lowest BCUT2D eigenvalue weighted by molar-refractivity contribution is -0.123. The number of fused-ring (bicyclic) bond motifs is 5. The molecule has 0 fully saturated rings. The fraction of sp³-hybridized carbons (Fsp3) is 0.212. The number of sulfonamides is 1. The Morgan fingerprint density at radius 1 is 1.09 bits per heavy atom. The number of nitrogens with zero attached hydrogens (tertiary/aromatic N) is 1. The number of carbonyl (C=O) groups is 1. The Kier molecular flexibility index (Phi) is 7.66. The predicted octanol–water partition coefficient (Wildman–Crippen LogP) is 6.24. The van der Waals surface area contributed by atoms with Crippen molar-refractivity contribution >= 4 is 43.9 Å². The highest BCUT2D eigenvalue weighted by atomic mass is 32.2. The van der Waals surface area contributed by atoms with Crippen molar-refractivity contribution in [2.75, 3.05) is 19.8 Å². The number of likely N-dealkylation sites (N-methyl/N-ethyl adjacent to an activating group) is 1. The molecule has 1 atom stereocenters. The van der Waals surface area contributed by atoms with Crippen molar-refractivity contribution in [1.82, 2.24) is 14.6 Å². The van der Waals surface area contributed by atoms with Gasteiger partial charge in [-0.25, -0.2) is 12.8 Å². The number of benzene rings is 3. The highest BCUT2D eigenvalue weighted by molar-refractivity contribution is 7.88. The molecule has 9 nitrogen and oxygen atoms in total. The van der Waals surface area contributed by atoms with Crippen LogP contribution in [0.2, 0.25) is 0 Å². The number of rotatable bonds is 7. The van der Waals surface area contributed by atoms with Crippen LogP contribution in [0.25, 0.3) is 27.9 Å². The first-order valence-corrected chi connectivity index (χ1v) is 16.0. The predicted molar refractivity (Wildman–Crippen MR) is 167 cm³/mol. The van der Waals surface area contributed by atoms with Crippen molar-refractivity contribution in [2.45, 2.75) is 24.9 Å². The molecule has 1 unspecified atom stereocenters. The van der Waals surface area contributed by atoms with Crippen molar-refractivity contribution in [3.05, 3.63) is 111 Å². The Bertz CT molecular complexity index is 2280. The summed E-state index contributed by atoms with van der Waals surface area (Å²) < 4.78 is 90.6. The molecule has 2 heterocycles. The fourth-order valence-electron chi connectivity index (χ4n) is 5.83. The van der Waals surface area contributed by atoms with Crippen LogP contribution in [0, 0.1) is 5.82 Å². The molecule has 47 heavy (non-hydrogen) atoms. The fourth-order valence-corrected chi connectivity index (χ4v) is 6.44. The SMILES string of the molecule is CN(C1=Cc2oc3c(c2CC1(C)c1cccc(C(=O)NCC(F)(F)F)c1)c(=O)[nH]c1cc(Oc2cccc(F)c2)ccc13)S(C)(=O)=O. The highest BCUT2D eigenvalue weighted by Gasteiger charge is 2.42. The maximum atomic E-state index is 13.7. The largest absolute Gasteiger partial charge is 0.457 e. The van der Waals surface area contributed by atoms with E-state index in [4.69, 9.17) is 9.15 Å². The summed E-state index contributed by atoms with van der Waals surface area (Å²) in [4.78, 5) is 29.1. The third-order valence-corrected chi connectivity index (χ3v) is 9.38. The molecule has 3 aromatic carbocycles. The van der Waals surface area contributed by atoms with Gasteiger partial charge in [-0.05, 0) is 55.3 Å². The number of aromatic nitrogens is 1. The minimum absolute atomic E-state index is 0.0456. The summed E-state index contributed by atoms with van der Waals surface area (Å²) in [6, 6.07) is 16.3. The van der Waals surface area contributed by atoms with Crippen LogP contribution in [0.15, 0.2) is 81.6 Å². The monoisotopic (exact) mass is 669 g/mol. The van der Waals surface area contributed by atoms with Crippen LogP contribution in [-0.4, -0.2) is 49.6 Å².